The first-order valence-electron chi connectivity index (χ1n) is 8.12. The van der Waals surface area contributed by atoms with Gasteiger partial charge in [-0.2, -0.15) is 0 Å². The van der Waals surface area contributed by atoms with Crippen LogP contribution in [0.4, 0.5) is 0 Å². The molecular weight excluding hydrogens is 373 g/mol. The number of carbonyl (C=O) groups excluding carboxylic acids is 2. The van der Waals surface area contributed by atoms with E-state index in [-0.39, 0.29) is 21.5 Å². The van der Waals surface area contributed by atoms with Crippen molar-refractivity contribution in [1.29, 1.82) is 0 Å². The van der Waals surface area contributed by atoms with E-state index in [0.29, 0.717) is 25.2 Å². The Labute approximate surface area is 159 Å². The quantitative estimate of drug-likeness (QED) is 0.701. The minimum Gasteiger partial charge on any atom is -0.366 e. The topological polar surface area (TPSA) is 79.2 Å². The number of hydrogen-bond donors (Lipinski definition) is 2. The van der Waals surface area contributed by atoms with E-state index in [2.05, 4.69) is 4.98 Å². The highest BCUT2D eigenvalue weighted by Crippen LogP contribution is 2.34. The molecule has 1 aromatic heterocycles. The van der Waals surface area contributed by atoms with Crippen LogP contribution in [0.3, 0.4) is 0 Å². The molecule has 0 atom stereocenters. The lowest BCUT2D eigenvalue weighted by molar-refractivity contribution is 0.0729. The third-order valence-electron chi connectivity index (χ3n) is 4.70. The van der Waals surface area contributed by atoms with Crippen LogP contribution in [0.2, 0.25) is 10.0 Å². The Morgan fingerprint density at radius 1 is 1.15 bits per heavy atom. The molecule has 0 spiro atoms. The number of carbonyl (C=O) groups is 2. The molecule has 0 fully saturated rings. The molecule has 0 bridgehead atoms. The smallest absolute Gasteiger partial charge is 0.270 e. The summed E-state index contributed by atoms with van der Waals surface area (Å²) >= 11 is 12.5. The Morgan fingerprint density at radius 2 is 1.92 bits per heavy atom. The number of nitrogens with zero attached hydrogens (tertiary/aromatic N) is 1. The Kier molecular flexibility index (Phi) is 4.13. The second kappa shape index (κ2) is 6.34. The van der Waals surface area contributed by atoms with Crippen LogP contribution < -0.4 is 5.73 Å². The summed E-state index contributed by atoms with van der Waals surface area (Å²) in [5, 5.41) is 1.49. The zero-order valence-corrected chi connectivity index (χ0v) is 15.2. The second-order valence-corrected chi connectivity index (χ2v) is 7.08. The van der Waals surface area contributed by atoms with E-state index in [4.69, 9.17) is 28.9 Å². The van der Waals surface area contributed by atoms with Gasteiger partial charge in [-0.3, -0.25) is 9.59 Å². The van der Waals surface area contributed by atoms with Gasteiger partial charge in [-0.15, -0.1) is 0 Å². The van der Waals surface area contributed by atoms with Gasteiger partial charge in [0.1, 0.15) is 5.69 Å². The van der Waals surface area contributed by atoms with Crippen LogP contribution in [0.1, 0.15) is 32.0 Å². The van der Waals surface area contributed by atoms with Crippen LogP contribution in [0.25, 0.3) is 10.9 Å². The number of H-pyrrole nitrogens is 1. The predicted octanol–water partition coefficient (Wildman–Crippen LogP) is 3.77. The zero-order chi connectivity index (χ0) is 18.4. The lowest BCUT2D eigenvalue weighted by atomic mass is 9.96. The number of primary amides is 1. The van der Waals surface area contributed by atoms with Gasteiger partial charge in [0, 0.05) is 24.0 Å². The van der Waals surface area contributed by atoms with Gasteiger partial charge in [0.25, 0.3) is 11.8 Å². The summed E-state index contributed by atoms with van der Waals surface area (Å²) in [6.07, 6.45) is 0.539. The van der Waals surface area contributed by atoms with Crippen LogP contribution in [0.15, 0.2) is 36.4 Å². The van der Waals surface area contributed by atoms with Crippen molar-refractivity contribution in [2.75, 3.05) is 6.54 Å². The van der Waals surface area contributed by atoms with Crippen molar-refractivity contribution in [3.8, 4) is 0 Å². The van der Waals surface area contributed by atoms with E-state index in [1.807, 2.05) is 30.3 Å². The van der Waals surface area contributed by atoms with Crippen LogP contribution in [-0.2, 0) is 13.0 Å². The van der Waals surface area contributed by atoms with Gasteiger partial charge < -0.3 is 15.6 Å². The maximum Gasteiger partial charge on any atom is 0.270 e. The lowest BCUT2D eigenvalue weighted by Gasteiger charge is -2.30. The number of nitrogens with one attached hydrogen (secondary N) is 1. The standard InChI is InChI=1S/C19H15Cl2N3O2/c20-13-7-11-9-24(6-5-12(11)17(21)16(13)18(22)25)19(26)15-8-10-3-1-2-4-14(10)23-15/h1-4,7-8,23H,5-6,9H2,(H2,22,25). The van der Waals surface area contributed by atoms with E-state index in [1.165, 1.54) is 0 Å². The number of halogens is 2. The SMILES string of the molecule is NC(=O)c1c(Cl)cc2c(c1Cl)CCN(C(=O)c1cc3ccccc3[nH]1)C2. The number of aromatic amines is 1. The van der Waals surface area contributed by atoms with Gasteiger partial charge in [0.2, 0.25) is 0 Å². The molecule has 2 aromatic carbocycles. The van der Waals surface area contributed by atoms with E-state index >= 15 is 0 Å². The zero-order valence-electron chi connectivity index (χ0n) is 13.7. The molecule has 2 amide bonds. The number of hydrogen-bond acceptors (Lipinski definition) is 2. The maximum absolute atomic E-state index is 12.9. The summed E-state index contributed by atoms with van der Waals surface area (Å²) in [6.45, 7) is 0.878. The van der Waals surface area contributed by atoms with Gasteiger partial charge in [-0.1, -0.05) is 41.4 Å². The fraction of sp³-hybridized carbons (Fsp3) is 0.158. The van der Waals surface area contributed by atoms with Crippen LogP contribution in [0.5, 0.6) is 0 Å². The number of nitrogens with two attached hydrogens (primary N) is 1. The lowest BCUT2D eigenvalue weighted by Crippen LogP contribution is -2.36. The molecular formula is C19H15Cl2N3O2. The minimum absolute atomic E-state index is 0.0851. The van der Waals surface area contributed by atoms with Crippen molar-refractivity contribution < 1.29 is 9.59 Å². The molecule has 4 rings (SSSR count). The number of rotatable bonds is 2. The molecule has 0 saturated heterocycles. The number of fused-ring (bicyclic) bond motifs is 2. The predicted molar refractivity (Wildman–Crippen MR) is 102 cm³/mol. The average molecular weight is 388 g/mol. The summed E-state index contributed by atoms with van der Waals surface area (Å²) < 4.78 is 0. The van der Waals surface area contributed by atoms with Crippen molar-refractivity contribution in [3.05, 3.63) is 68.8 Å². The molecule has 132 valence electrons. The van der Waals surface area contributed by atoms with Gasteiger partial charge >= 0.3 is 0 Å². The van der Waals surface area contributed by atoms with Crippen molar-refractivity contribution in [1.82, 2.24) is 9.88 Å². The van der Waals surface area contributed by atoms with Crippen molar-refractivity contribution in [3.63, 3.8) is 0 Å². The highest BCUT2D eigenvalue weighted by atomic mass is 35.5. The number of amides is 2. The molecule has 3 aromatic rings. The monoisotopic (exact) mass is 387 g/mol. The summed E-state index contributed by atoms with van der Waals surface area (Å²) in [5.74, 6) is -0.738. The van der Waals surface area contributed by atoms with Crippen LogP contribution in [0, 0.1) is 0 Å². The first-order valence-corrected chi connectivity index (χ1v) is 8.88. The molecule has 26 heavy (non-hydrogen) atoms. The molecule has 7 heteroatoms. The highest BCUT2D eigenvalue weighted by molar-refractivity contribution is 6.40. The van der Waals surface area contributed by atoms with E-state index in [0.717, 1.165) is 22.0 Å². The molecule has 0 aliphatic carbocycles. The van der Waals surface area contributed by atoms with Crippen molar-refractivity contribution in [2.24, 2.45) is 5.73 Å². The normalized spacial score (nSPS) is 13.7. The minimum atomic E-state index is -0.653. The highest BCUT2D eigenvalue weighted by Gasteiger charge is 2.27. The largest absolute Gasteiger partial charge is 0.366 e. The summed E-state index contributed by atoms with van der Waals surface area (Å²) in [6, 6.07) is 11.3. The molecule has 5 nitrogen and oxygen atoms in total. The Hall–Kier alpha value is -2.50. The molecule has 0 saturated carbocycles. The second-order valence-electron chi connectivity index (χ2n) is 6.30. The molecule has 2 heterocycles. The number of para-hydroxylation sites is 1. The van der Waals surface area contributed by atoms with E-state index < -0.39 is 5.91 Å². The van der Waals surface area contributed by atoms with Gasteiger partial charge in [0.05, 0.1) is 15.6 Å². The fourth-order valence-electron chi connectivity index (χ4n) is 3.41. The van der Waals surface area contributed by atoms with Gasteiger partial charge in [-0.25, -0.2) is 0 Å². The van der Waals surface area contributed by atoms with Crippen LogP contribution in [-0.4, -0.2) is 28.2 Å². The summed E-state index contributed by atoms with van der Waals surface area (Å²) in [5.41, 5.74) is 8.62. The van der Waals surface area contributed by atoms with Gasteiger partial charge in [-0.05, 0) is 35.7 Å². The molecule has 0 unspecified atom stereocenters. The summed E-state index contributed by atoms with van der Waals surface area (Å²) in [4.78, 5) is 29.3. The van der Waals surface area contributed by atoms with Crippen molar-refractivity contribution >= 4 is 45.9 Å². The Morgan fingerprint density at radius 3 is 2.65 bits per heavy atom. The molecule has 1 aliphatic heterocycles. The first-order chi connectivity index (χ1) is 12.5. The summed E-state index contributed by atoms with van der Waals surface area (Å²) in [7, 11) is 0. The van der Waals surface area contributed by atoms with Crippen LogP contribution >= 0.6 is 23.2 Å². The van der Waals surface area contributed by atoms with E-state index in [1.54, 1.807) is 11.0 Å². The van der Waals surface area contributed by atoms with Gasteiger partial charge in [0.15, 0.2) is 0 Å². The Balaban J connectivity index is 1.66. The fourth-order valence-corrected chi connectivity index (χ4v) is 4.19. The third kappa shape index (κ3) is 2.73. The third-order valence-corrected chi connectivity index (χ3v) is 5.41. The maximum atomic E-state index is 12.9. The Bertz CT molecular complexity index is 1030. The first kappa shape index (κ1) is 16.9. The van der Waals surface area contributed by atoms with E-state index in [9.17, 15) is 9.59 Å². The molecule has 3 N–H and O–H groups in total. The molecule has 0 radical (unpaired) electrons. The number of aromatic nitrogens is 1. The molecule has 1 aliphatic rings. The van der Waals surface area contributed by atoms with Crippen molar-refractivity contribution in [2.45, 2.75) is 13.0 Å². The number of benzene rings is 2. The average Bonchev–Trinajstić information content (AvgIpc) is 3.04.